The maximum Gasteiger partial charge on any atom is 0.228 e. The highest BCUT2D eigenvalue weighted by atomic mass is 16.2. The highest BCUT2D eigenvalue weighted by Gasteiger charge is 2.56. The molecule has 0 bridgehead atoms. The average Bonchev–Trinajstić information content (AvgIpc) is 2.71. The Morgan fingerprint density at radius 3 is 2.95 bits per heavy atom. The molecule has 1 N–H and O–H groups in total. The Hall–Kier alpha value is -0.570. The minimum Gasteiger partial charge on any atom is -0.353 e. The van der Waals surface area contributed by atoms with Crippen molar-refractivity contribution in [1.29, 1.82) is 0 Å². The normalized spacial score (nSPS) is 41.1. The topological polar surface area (TPSA) is 32.3 Å². The highest BCUT2D eigenvalue weighted by molar-refractivity contribution is 5.86. The van der Waals surface area contributed by atoms with E-state index in [-0.39, 0.29) is 5.41 Å². The third-order valence-electron chi connectivity index (χ3n) is 6.01. The molecular weight excluding hydrogens is 236 g/mol. The summed E-state index contributed by atoms with van der Waals surface area (Å²) in [5, 5.41) is 3.33. The molecule has 0 aromatic heterocycles. The van der Waals surface area contributed by atoms with Crippen molar-refractivity contribution in [2.45, 2.75) is 70.9 Å². The molecule has 1 saturated carbocycles. The number of nitrogens with zero attached hydrogens (tertiary/aromatic N) is 1. The van der Waals surface area contributed by atoms with Crippen LogP contribution in [-0.2, 0) is 4.79 Å². The largest absolute Gasteiger partial charge is 0.353 e. The van der Waals surface area contributed by atoms with Crippen molar-refractivity contribution in [3.63, 3.8) is 0 Å². The van der Waals surface area contributed by atoms with E-state index < -0.39 is 0 Å². The van der Waals surface area contributed by atoms with Gasteiger partial charge in [-0.25, -0.2) is 0 Å². The number of rotatable bonds is 2. The van der Waals surface area contributed by atoms with E-state index in [1.54, 1.807) is 0 Å². The molecule has 0 aromatic rings. The maximum absolute atomic E-state index is 12.6. The van der Waals surface area contributed by atoms with Crippen LogP contribution in [0.3, 0.4) is 0 Å². The van der Waals surface area contributed by atoms with Crippen LogP contribution < -0.4 is 5.32 Å². The summed E-state index contributed by atoms with van der Waals surface area (Å²) in [5.41, 5.74) is -0.0488. The lowest BCUT2D eigenvalue weighted by Crippen LogP contribution is -2.52. The summed E-state index contributed by atoms with van der Waals surface area (Å²) in [6, 6.07) is 1.10. The molecule has 0 aromatic carbocycles. The van der Waals surface area contributed by atoms with Gasteiger partial charge < -0.3 is 5.32 Å². The lowest BCUT2D eigenvalue weighted by atomic mass is 9.65. The molecule has 0 radical (unpaired) electrons. The van der Waals surface area contributed by atoms with Crippen molar-refractivity contribution in [3.8, 4) is 0 Å². The maximum atomic E-state index is 12.6. The van der Waals surface area contributed by atoms with Gasteiger partial charge in [-0.1, -0.05) is 19.8 Å². The van der Waals surface area contributed by atoms with Crippen molar-refractivity contribution in [1.82, 2.24) is 10.2 Å². The van der Waals surface area contributed by atoms with Gasteiger partial charge in [-0.3, -0.25) is 9.69 Å². The Morgan fingerprint density at radius 1 is 1.37 bits per heavy atom. The fraction of sp³-hybridized carbons (Fsp3) is 0.938. The Kier molecular flexibility index (Phi) is 3.59. The lowest BCUT2D eigenvalue weighted by molar-refractivity contribution is -0.133. The number of hydrogen-bond acceptors (Lipinski definition) is 2. The minimum atomic E-state index is -0.0488. The lowest BCUT2D eigenvalue weighted by Gasteiger charge is -2.45. The Morgan fingerprint density at radius 2 is 2.16 bits per heavy atom. The van der Waals surface area contributed by atoms with E-state index in [0.29, 0.717) is 23.9 Å². The molecule has 2 aliphatic heterocycles. The molecule has 3 aliphatic rings. The Labute approximate surface area is 117 Å². The van der Waals surface area contributed by atoms with Gasteiger partial charge in [-0.2, -0.15) is 0 Å². The smallest absolute Gasteiger partial charge is 0.228 e. The van der Waals surface area contributed by atoms with Crippen molar-refractivity contribution >= 4 is 5.91 Å². The van der Waals surface area contributed by atoms with Gasteiger partial charge in [-0.05, 0) is 51.5 Å². The van der Waals surface area contributed by atoms with Gasteiger partial charge in [-0.15, -0.1) is 0 Å². The zero-order valence-electron chi connectivity index (χ0n) is 12.5. The number of amides is 1. The fourth-order valence-corrected chi connectivity index (χ4v) is 4.69. The van der Waals surface area contributed by atoms with Gasteiger partial charge in [0, 0.05) is 18.6 Å². The predicted molar refractivity (Wildman–Crippen MR) is 76.9 cm³/mol. The second kappa shape index (κ2) is 5.08. The highest BCUT2D eigenvalue weighted by Crippen LogP contribution is 2.49. The van der Waals surface area contributed by atoms with Crippen LogP contribution in [0, 0.1) is 11.3 Å². The standard InChI is InChI=1S/C16H28N2O/c1-3-12(2)18-10-6-9-16(11-18)13-7-4-5-8-14(13)17-15(16)19/h12-14H,3-11H2,1-2H3,(H,17,19). The molecule has 4 unspecified atom stereocenters. The van der Waals surface area contributed by atoms with Gasteiger partial charge in [0.15, 0.2) is 0 Å². The summed E-state index contributed by atoms with van der Waals surface area (Å²) >= 11 is 0. The molecule has 19 heavy (non-hydrogen) atoms. The van der Waals surface area contributed by atoms with Crippen LogP contribution in [0.15, 0.2) is 0 Å². The van der Waals surface area contributed by atoms with E-state index in [1.165, 1.54) is 45.1 Å². The summed E-state index contributed by atoms with van der Waals surface area (Å²) in [4.78, 5) is 15.2. The molecule has 1 aliphatic carbocycles. The van der Waals surface area contributed by atoms with E-state index in [9.17, 15) is 4.79 Å². The van der Waals surface area contributed by atoms with E-state index >= 15 is 0 Å². The Balaban J connectivity index is 1.82. The molecule has 3 rings (SSSR count). The first-order valence-corrected chi connectivity index (χ1v) is 8.22. The zero-order chi connectivity index (χ0) is 13.5. The SMILES string of the molecule is CCC(C)N1CCCC2(C1)C(=O)NC1CCCCC12. The molecule has 1 spiro atoms. The van der Waals surface area contributed by atoms with Crippen LogP contribution in [0.5, 0.6) is 0 Å². The van der Waals surface area contributed by atoms with Crippen LogP contribution in [-0.4, -0.2) is 36.0 Å². The van der Waals surface area contributed by atoms with Crippen LogP contribution in [0.1, 0.15) is 58.8 Å². The summed E-state index contributed by atoms with van der Waals surface area (Å²) < 4.78 is 0. The number of fused-ring (bicyclic) bond motifs is 2. The van der Waals surface area contributed by atoms with Crippen LogP contribution in [0.2, 0.25) is 0 Å². The number of likely N-dealkylation sites (tertiary alicyclic amines) is 1. The van der Waals surface area contributed by atoms with E-state index in [0.717, 1.165) is 13.0 Å². The molecule has 1 amide bonds. The number of piperidine rings is 1. The first-order valence-electron chi connectivity index (χ1n) is 8.22. The van der Waals surface area contributed by atoms with Crippen LogP contribution in [0.4, 0.5) is 0 Å². The quantitative estimate of drug-likeness (QED) is 0.831. The van der Waals surface area contributed by atoms with Gasteiger partial charge >= 0.3 is 0 Å². The number of hydrogen-bond donors (Lipinski definition) is 1. The number of carbonyl (C=O) groups is 1. The summed E-state index contributed by atoms with van der Waals surface area (Å²) in [5.74, 6) is 0.984. The zero-order valence-corrected chi connectivity index (χ0v) is 12.5. The molecular formula is C16H28N2O. The predicted octanol–water partition coefficient (Wildman–Crippen LogP) is 2.56. The van der Waals surface area contributed by atoms with Crippen LogP contribution >= 0.6 is 0 Å². The summed E-state index contributed by atoms with van der Waals surface area (Å²) in [6.45, 7) is 6.75. The number of nitrogens with one attached hydrogen (secondary N) is 1. The molecule has 3 fully saturated rings. The van der Waals surface area contributed by atoms with Gasteiger partial charge in [0.2, 0.25) is 5.91 Å². The van der Waals surface area contributed by atoms with E-state index in [2.05, 4.69) is 24.1 Å². The molecule has 2 heterocycles. The first-order chi connectivity index (χ1) is 9.17. The van der Waals surface area contributed by atoms with Gasteiger partial charge in [0.25, 0.3) is 0 Å². The van der Waals surface area contributed by atoms with Gasteiger partial charge in [0.1, 0.15) is 0 Å². The third-order valence-corrected chi connectivity index (χ3v) is 6.01. The van der Waals surface area contributed by atoms with E-state index in [1.807, 2.05) is 0 Å². The van der Waals surface area contributed by atoms with E-state index in [4.69, 9.17) is 0 Å². The van der Waals surface area contributed by atoms with Crippen LogP contribution in [0.25, 0.3) is 0 Å². The Bertz CT molecular complexity index is 357. The van der Waals surface area contributed by atoms with Crippen molar-refractivity contribution < 1.29 is 4.79 Å². The fourth-order valence-electron chi connectivity index (χ4n) is 4.69. The minimum absolute atomic E-state index is 0.0488. The molecule has 2 saturated heterocycles. The molecule has 108 valence electrons. The summed E-state index contributed by atoms with van der Waals surface area (Å²) in [7, 11) is 0. The summed E-state index contributed by atoms with van der Waals surface area (Å²) in [6.07, 6.45) is 8.59. The second-order valence-corrected chi connectivity index (χ2v) is 6.96. The molecule has 4 atom stereocenters. The number of carbonyl (C=O) groups excluding carboxylic acids is 1. The van der Waals surface area contributed by atoms with Crippen molar-refractivity contribution in [3.05, 3.63) is 0 Å². The van der Waals surface area contributed by atoms with Gasteiger partial charge in [0.05, 0.1) is 5.41 Å². The molecule has 3 heteroatoms. The second-order valence-electron chi connectivity index (χ2n) is 6.96. The van der Waals surface area contributed by atoms with Crippen molar-refractivity contribution in [2.75, 3.05) is 13.1 Å². The third kappa shape index (κ3) is 2.10. The molecule has 3 nitrogen and oxygen atoms in total. The van der Waals surface area contributed by atoms with Crippen molar-refractivity contribution in [2.24, 2.45) is 11.3 Å². The first kappa shape index (κ1) is 13.4. The average molecular weight is 264 g/mol. The monoisotopic (exact) mass is 264 g/mol.